The zero-order valence-electron chi connectivity index (χ0n) is 25.1. The van der Waals surface area contributed by atoms with E-state index < -0.39 is 24.2 Å². The van der Waals surface area contributed by atoms with E-state index in [1.54, 1.807) is 38.2 Å². The monoisotopic (exact) mass is 718 g/mol. The Morgan fingerprint density at radius 1 is 1.04 bits per heavy atom. The normalized spacial score (nSPS) is 11.3. The number of alkyl halides is 3. The smallest absolute Gasteiger partial charge is 0.490 e. The predicted octanol–water partition coefficient (Wildman–Crippen LogP) is 6.68. The fourth-order valence-electron chi connectivity index (χ4n) is 3.84. The molecule has 0 bridgehead atoms. The third kappa shape index (κ3) is 10.3. The van der Waals surface area contributed by atoms with Gasteiger partial charge in [-0.3, -0.25) is 4.79 Å². The number of thioether (sulfide) groups is 1. The molecule has 0 aliphatic rings. The van der Waals surface area contributed by atoms with Gasteiger partial charge in [-0.05, 0) is 36.8 Å². The van der Waals surface area contributed by atoms with Crippen LogP contribution in [0.25, 0.3) is 21.7 Å². The molecule has 2 aromatic carbocycles. The minimum Gasteiger partial charge on any atom is -0.492 e. The summed E-state index contributed by atoms with van der Waals surface area (Å²) in [6.07, 6.45) is -5.08. The molecule has 0 amide bonds. The summed E-state index contributed by atoms with van der Waals surface area (Å²) >= 11 is 8.91. The number of carbonyl (C=O) groups is 2. The van der Waals surface area contributed by atoms with E-state index in [1.807, 2.05) is 29.6 Å². The Hall–Kier alpha value is -4.87. The van der Waals surface area contributed by atoms with Crippen molar-refractivity contribution in [3.8, 4) is 39.6 Å². The molecule has 0 fully saturated rings. The summed E-state index contributed by atoms with van der Waals surface area (Å²) in [6.45, 7) is 2.20. The Morgan fingerprint density at radius 2 is 1.65 bits per heavy atom. The lowest BCUT2D eigenvalue weighted by atomic mass is 9.96. The molecule has 2 heterocycles. The molecule has 0 saturated carbocycles. The number of hydrogen-bond donors (Lipinski definition) is 4. The van der Waals surface area contributed by atoms with Crippen molar-refractivity contribution in [1.82, 2.24) is 15.3 Å². The third-order valence-corrected chi connectivity index (χ3v) is 8.40. The molecular formula is C31H26ClF3N6O5S2. The molecule has 0 spiro atoms. The van der Waals surface area contributed by atoms with E-state index in [2.05, 4.69) is 27.8 Å². The first-order chi connectivity index (χ1) is 22.8. The standard InChI is InChI=1S/C29H25ClN6O3S2.C2HF3O2/c1-17(29(37)38)34-11-12-39-22-9-5-18(6-10-22)25-23(13-31)26(33-2)36-28(24(25)14-32)41-16-21-15-40-27(35-21)19-3-7-20(30)8-4-19;3-2(4,5)1(6)7/h3-10,15,17,34H,11-12,16H2,1-2H3,(H,33,36)(H,37,38);(H,6,7)/t17-;/m0./s1. The molecule has 48 heavy (non-hydrogen) atoms. The first kappa shape index (κ1) is 37.6. The van der Waals surface area contributed by atoms with Crippen LogP contribution in [0.1, 0.15) is 23.7 Å². The summed E-state index contributed by atoms with van der Waals surface area (Å²) in [5.74, 6) is -2.24. The molecule has 4 aromatic rings. The Kier molecular flexibility index (Phi) is 13.6. The number of pyridine rings is 1. The van der Waals surface area contributed by atoms with E-state index in [-0.39, 0.29) is 12.2 Å². The van der Waals surface area contributed by atoms with E-state index in [4.69, 9.17) is 36.3 Å². The van der Waals surface area contributed by atoms with Crippen LogP contribution in [-0.2, 0) is 15.3 Å². The summed E-state index contributed by atoms with van der Waals surface area (Å²) in [4.78, 5) is 29.1. The number of anilines is 1. The lowest BCUT2D eigenvalue weighted by Gasteiger charge is -2.15. The van der Waals surface area contributed by atoms with Crippen molar-refractivity contribution in [2.45, 2.75) is 29.9 Å². The number of carboxylic acid groups (broad SMARTS) is 2. The maximum atomic E-state index is 10.9. The van der Waals surface area contributed by atoms with Crippen LogP contribution in [0.2, 0.25) is 5.02 Å². The van der Waals surface area contributed by atoms with Crippen LogP contribution in [0.3, 0.4) is 0 Å². The van der Waals surface area contributed by atoms with Gasteiger partial charge in [0.1, 0.15) is 52.0 Å². The highest BCUT2D eigenvalue weighted by molar-refractivity contribution is 7.98. The van der Waals surface area contributed by atoms with Gasteiger partial charge in [0.05, 0.1) is 11.3 Å². The number of halogens is 4. The number of thiazole rings is 1. The van der Waals surface area contributed by atoms with Gasteiger partial charge in [-0.15, -0.1) is 11.3 Å². The largest absolute Gasteiger partial charge is 0.492 e. The second kappa shape index (κ2) is 17.3. The number of aliphatic carboxylic acids is 2. The SMILES string of the molecule is CNc1nc(SCc2csc(-c3ccc(Cl)cc3)n2)c(C#N)c(-c2ccc(OCCN[C@@H](C)C(=O)O)cc2)c1C#N.O=C(O)C(F)(F)F. The maximum absolute atomic E-state index is 10.9. The minimum absolute atomic E-state index is 0.271. The molecule has 0 aliphatic heterocycles. The average Bonchev–Trinajstić information content (AvgIpc) is 3.54. The van der Waals surface area contributed by atoms with Crippen LogP contribution in [-0.4, -0.2) is 64.5 Å². The predicted molar refractivity (Wildman–Crippen MR) is 175 cm³/mol. The van der Waals surface area contributed by atoms with Crippen molar-refractivity contribution in [2.24, 2.45) is 0 Å². The van der Waals surface area contributed by atoms with Crippen molar-refractivity contribution in [3.63, 3.8) is 0 Å². The van der Waals surface area contributed by atoms with Gasteiger partial charge in [0.15, 0.2) is 0 Å². The Labute approximate surface area is 286 Å². The number of benzene rings is 2. The van der Waals surface area contributed by atoms with Crippen LogP contribution in [0.4, 0.5) is 19.0 Å². The van der Waals surface area contributed by atoms with Crippen molar-refractivity contribution >= 4 is 52.5 Å². The minimum atomic E-state index is -5.08. The van der Waals surface area contributed by atoms with Gasteiger partial charge in [0, 0.05) is 40.9 Å². The van der Waals surface area contributed by atoms with Crippen LogP contribution in [0.15, 0.2) is 58.9 Å². The van der Waals surface area contributed by atoms with E-state index in [0.717, 1.165) is 16.3 Å². The van der Waals surface area contributed by atoms with Crippen LogP contribution >= 0.6 is 34.7 Å². The van der Waals surface area contributed by atoms with Gasteiger partial charge in [0.25, 0.3) is 0 Å². The van der Waals surface area contributed by atoms with E-state index in [9.17, 15) is 28.5 Å². The second-order valence-electron chi connectivity index (χ2n) is 9.49. The van der Waals surface area contributed by atoms with Gasteiger partial charge in [-0.2, -0.15) is 23.7 Å². The molecule has 11 nitrogen and oxygen atoms in total. The zero-order chi connectivity index (χ0) is 35.4. The first-order valence-corrected chi connectivity index (χ1v) is 15.9. The zero-order valence-corrected chi connectivity index (χ0v) is 27.5. The van der Waals surface area contributed by atoms with Crippen LogP contribution in [0.5, 0.6) is 5.75 Å². The van der Waals surface area contributed by atoms with Gasteiger partial charge in [0.2, 0.25) is 0 Å². The highest BCUT2D eigenvalue weighted by atomic mass is 35.5. The van der Waals surface area contributed by atoms with E-state index >= 15 is 0 Å². The molecule has 0 aliphatic carbocycles. The lowest BCUT2D eigenvalue weighted by Crippen LogP contribution is -2.36. The highest BCUT2D eigenvalue weighted by Gasteiger charge is 2.38. The summed E-state index contributed by atoms with van der Waals surface area (Å²) in [5.41, 5.74) is 3.55. The molecule has 2 aromatic heterocycles. The van der Waals surface area contributed by atoms with Crippen molar-refractivity contribution < 1.29 is 37.7 Å². The van der Waals surface area contributed by atoms with Crippen molar-refractivity contribution in [3.05, 3.63) is 75.8 Å². The third-order valence-electron chi connectivity index (χ3n) is 6.20. The van der Waals surface area contributed by atoms with Gasteiger partial charge in [-0.25, -0.2) is 14.8 Å². The summed E-state index contributed by atoms with van der Waals surface area (Å²) < 4.78 is 37.4. The highest BCUT2D eigenvalue weighted by Crippen LogP contribution is 2.38. The molecule has 1 atom stereocenters. The number of rotatable bonds is 12. The van der Waals surface area contributed by atoms with Gasteiger partial charge in [-0.1, -0.05) is 47.6 Å². The number of carboxylic acids is 2. The van der Waals surface area contributed by atoms with Crippen molar-refractivity contribution in [1.29, 1.82) is 10.5 Å². The molecular weight excluding hydrogens is 693 g/mol. The second-order valence-corrected chi connectivity index (χ2v) is 11.8. The first-order valence-electron chi connectivity index (χ1n) is 13.7. The van der Waals surface area contributed by atoms with Crippen LogP contribution < -0.4 is 15.4 Å². The van der Waals surface area contributed by atoms with Gasteiger partial charge >= 0.3 is 18.1 Å². The molecule has 4 N–H and O–H groups in total. The van der Waals surface area contributed by atoms with Crippen LogP contribution in [0, 0.1) is 22.7 Å². The number of hydrogen-bond acceptors (Lipinski definition) is 11. The Bertz CT molecular complexity index is 1830. The summed E-state index contributed by atoms with van der Waals surface area (Å²) in [7, 11) is 1.68. The molecule has 0 radical (unpaired) electrons. The molecule has 17 heteroatoms. The number of aromatic nitrogens is 2. The molecule has 250 valence electrons. The summed E-state index contributed by atoms with van der Waals surface area (Å²) in [6, 6.07) is 18.3. The van der Waals surface area contributed by atoms with E-state index in [0.29, 0.717) is 50.6 Å². The van der Waals surface area contributed by atoms with E-state index in [1.165, 1.54) is 23.1 Å². The number of ether oxygens (including phenoxy) is 1. The fourth-order valence-corrected chi connectivity index (χ4v) is 5.78. The number of nitriles is 2. The number of nitrogens with one attached hydrogen (secondary N) is 2. The Balaban J connectivity index is 0.000000804. The fraction of sp³-hybridized carbons (Fsp3) is 0.226. The van der Waals surface area contributed by atoms with Gasteiger partial charge < -0.3 is 25.6 Å². The number of nitrogens with zero attached hydrogens (tertiary/aromatic N) is 4. The molecule has 0 saturated heterocycles. The summed E-state index contributed by atoms with van der Waals surface area (Å²) in [5, 5.41) is 46.1. The molecule has 4 rings (SSSR count). The Morgan fingerprint density at radius 3 is 2.19 bits per heavy atom. The molecule has 0 unspecified atom stereocenters. The maximum Gasteiger partial charge on any atom is 0.490 e. The quantitative estimate of drug-likeness (QED) is 0.0903. The lowest BCUT2D eigenvalue weighted by molar-refractivity contribution is -0.192. The average molecular weight is 719 g/mol. The topological polar surface area (TPSA) is 181 Å². The van der Waals surface area contributed by atoms with Crippen molar-refractivity contribution in [2.75, 3.05) is 25.5 Å².